The third-order valence-electron chi connectivity index (χ3n) is 10.5. The van der Waals surface area contributed by atoms with E-state index >= 15 is 0 Å². The van der Waals surface area contributed by atoms with Crippen molar-refractivity contribution in [3.05, 3.63) is 199 Å². The lowest BCUT2D eigenvalue weighted by Gasteiger charge is -2.32. The Bertz CT molecular complexity index is 2490. The first-order valence-corrected chi connectivity index (χ1v) is 17.5. The summed E-state index contributed by atoms with van der Waals surface area (Å²) in [6.45, 7) is 4.75. The Morgan fingerprint density at radius 3 is 1.68 bits per heavy atom. The largest absolute Gasteiger partial charge is 0.309 e. The van der Waals surface area contributed by atoms with Gasteiger partial charge in [0.2, 0.25) is 0 Å². The fraction of sp³-hybridized carbons (Fsp3) is 0.0612. The molecule has 1 heteroatoms. The van der Waals surface area contributed by atoms with Crippen LogP contribution in [0.2, 0.25) is 0 Å². The van der Waals surface area contributed by atoms with Crippen molar-refractivity contribution in [2.45, 2.75) is 19.3 Å². The van der Waals surface area contributed by atoms with Gasteiger partial charge < -0.3 is 4.90 Å². The molecule has 0 bridgehead atoms. The molecule has 0 radical (unpaired) electrons. The minimum absolute atomic E-state index is 0.146. The molecule has 1 nitrogen and oxygen atoms in total. The second-order valence-electron chi connectivity index (χ2n) is 13.7. The summed E-state index contributed by atoms with van der Waals surface area (Å²) in [6.07, 6.45) is 0. The van der Waals surface area contributed by atoms with Crippen LogP contribution in [0.1, 0.15) is 25.0 Å². The predicted molar refractivity (Wildman–Crippen MR) is 213 cm³/mol. The van der Waals surface area contributed by atoms with E-state index in [1.54, 1.807) is 0 Å². The molecule has 8 aromatic carbocycles. The van der Waals surface area contributed by atoms with Crippen LogP contribution in [0, 0.1) is 0 Å². The Balaban J connectivity index is 1.37. The fourth-order valence-electron chi connectivity index (χ4n) is 8.02. The zero-order valence-corrected chi connectivity index (χ0v) is 28.3. The minimum Gasteiger partial charge on any atom is -0.309 e. The molecule has 0 aromatic heterocycles. The van der Waals surface area contributed by atoms with Crippen LogP contribution in [0.5, 0.6) is 0 Å². The zero-order valence-electron chi connectivity index (χ0n) is 28.3. The number of para-hydroxylation sites is 1. The first-order chi connectivity index (χ1) is 24.6. The standard InChI is InChI=1S/C49H37N/c1-49(2)44-27-15-13-26-43(44)47-45(49)33-37-21-9-10-23-40(37)48(47)50(38-31-29-35(30-32-38)34-17-5-3-6-18-34)46-28-16-14-25-42(46)41-24-12-11-22-39(41)36-19-7-4-8-20-36/h3-33H,1-2H3. The molecular formula is C49H37N. The number of rotatable bonds is 6. The lowest BCUT2D eigenvalue weighted by Crippen LogP contribution is -2.17. The molecule has 8 aromatic rings. The summed E-state index contributed by atoms with van der Waals surface area (Å²) in [5, 5.41) is 2.48. The van der Waals surface area contributed by atoms with Crippen molar-refractivity contribution in [1.29, 1.82) is 0 Å². The Morgan fingerprint density at radius 2 is 0.940 bits per heavy atom. The highest BCUT2D eigenvalue weighted by molar-refractivity contribution is 6.11. The Kier molecular flexibility index (Phi) is 7.21. The fourth-order valence-corrected chi connectivity index (χ4v) is 8.02. The zero-order chi connectivity index (χ0) is 33.7. The van der Waals surface area contributed by atoms with Crippen LogP contribution in [0.15, 0.2) is 188 Å². The molecule has 0 unspecified atom stereocenters. The van der Waals surface area contributed by atoms with Crippen LogP contribution in [0.3, 0.4) is 0 Å². The molecule has 238 valence electrons. The van der Waals surface area contributed by atoms with Crippen LogP contribution >= 0.6 is 0 Å². The van der Waals surface area contributed by atoms with Gasteiger partial charge in [0.15, 0.2) is 0 Å². The van der Waals surface area contributed by atoms with Gasteiger partial charge in [0.1, 0.15) is 0 Å². The molecule has 0 aliphatic heterocycles. The summed E-state index contributed by atoms with van der Waals surface area (Å²) in [5.74, 6) is 0. The van der Waals surface area contributed by atoms with Gasteiger partial charge in [0.05, 0.1) is 11.4 Å². The third kappa shape index (κ3) is 4.85. The molecular weight excluding hydrogens is 603 g/mol. The average molecular weight is 640 g/mol. The quantitative estimate of drug-likeness (QED) is 0.175. The predicted octanol–water partition coefficient (Wildman–Crippen LogP) is 13.6. The van der Waals surface area contributed by atoms with Crippen molar-refractivity contribution in [2.75, 3.05) is 4.90 Å². The van der Waals surface area contributed by atoms with E-state index in [4.69, 9.17) is 0 Å². The third-order valence-corrected chi connectivity index (χ3v) is 10.5. The van der Waals surface area contributed by atoms with Crippen molar-refractivity contribution in [2.24, 2.45) is 0 Å². The molecule has 0 heterocycles. The summed E-state index contributed by atoms with van der Waals surface area (Å²) >= 11 is 0. The molecule has 50 heavy (non-hydrogen) atoms. The average Bonchev–Trinajstić information content (AvgIpc) is 3.41. The first-order valence-electron chi connectivity index (χ1n) is 17.5. The summed E-state index contributed by atoms with van der Waals surface area (Å²) in [4.78, 5) is 2.53. The van der Waals surface area contributed by atoms with Gasteiger partial charge in [-0.3, -0.25) is 0 Å². The number of hydrogen-bond acceptors (Lipinski definition) is 1. The van der Waals surface area contributed by atoms with Crippen molar-refractivity contribution in [1.82, 2.24) is 0 Å². The number of hydrogen-bond donors (Lipinski definition) is 0. The van der Waals surface area contributed by atoms with Gasteiger partial charge in [-0.1, -0.05) is 178 Å². The summed E-state index contributed by atoms with van der Waals surface area (Å²) in [7, 11) is 0. The Labute approximate surface area is 294 Å². The molecule has 0 saturated carbocycles. The second kappa shape index (κ2) is 12.1. The van der Waals surface area contributed by atoms with Crippen molar-refractivity contribution < 1.29 is 0 Å². The number of anilines is 3. The van der Waals surface area contributed by atoms with E-state index < -0.39 is 0 Å². The minimum atomic E-state index is -0.146. The Morgan fingerprint density at radius 1 is 0.400 bits per heavy atom. The maximum absolute atomic E-state index is 2.53. The molecule has 1 aliphatic carbocycles. The molecule has 0 amide bonds. The normalized spacial score (nSPS) is 12.8. The SMILES string of the molecule is CC1(C)c2ccccc2-c2c1cc1ccccc1c2N(c1ccc(-c2ccccc2)cc1)c1ccccc1-c1ccccc1-c1ccccc1. The monoisotopic (exact) mass is 639 g/mol. The van der Waals surface area contributed by atoms with Gasteiger partial charge >= 0.3 is 0 Å². The Hall–Kier alpha value is -6.18. The summed E-state index contributed by atoms with van der Waals surface area (Å²) in [5.41, 5.74) is 15.9. The van der Waals surface area contributed by atoms with Crippen molar-refractivity contribution in [3.8, 4) is 44.5 Å². The highest BCUT2D eigenvalue weighted by atomic mass is 15.1. The topological polar surface area (TPSA) is 3.24 Å². The molecule has 0 atom stereocenters. The highest BCUT2D eigenvalue weighted by Crippen LogP contribution is 2.57. The van der Waals surface area contributed by atoms with E-state index in [2.05, 4.69) is 207 Å². The lowest BCUT2D eigenvalue weighted by atomic mass is 9.81. The second-order valence-corrected chi connectivity index (χ2v) is 13.7. The van der Waals surface area contributed by atoms with Crippen molar-refractivity contribution in [3.63, 3.8) is 0 Å². The highest BCUT2D eigenvalue weighted by Gasteiger charge is 2.39. The maximum atomic E-state index is 2.53. The van der Waals surface area contributed by atoms with Crippen molar-refractivity contribution >= 4 is 27.8 Å². The molecule has 0 fully saturated rings. The number of fused-ring (bicyclic) bond motifs is 4. The smallest absolute Gasteiger partial charge is 0.0621 e. The van der Waals surface area contributed by atoms with E-state index in [1.807, 2.05) is 0 Å². The van der Waals surface area contributed by atoms with Gasteiger partial charge in [0, 0.05) is 27.6 Å². The van der Waals surface area contributed by atoms with E-state index in [0.717, 1.165) is 11.4 Å². The molecule has 9 rings (SSSR count). The molecule has 1 aliphatic rings. The number of nitrogens with zero attached hydrogens (tertiary/aromatic N) is 1. The van der Waals surface area contributed by atoms with Crippen LogP contribution in [0.4, 0.5) is 17.1 Å². The van der Waals surface area contributed by atoms with Crippen LogP contribution in [0.25, 0.3) is 55.3 Å². The van der Waals surface area contributed by atoms with Crippen LogP contribution < -0.4 is 4.90 Å². The maximum Gasteiger partial charge on any atom is 0.0621 e. The van der Waals surface area contributed by atoms with Gasteiger partial charge in [0.25, 0.3) is 0 Å². The van der Waals surface area contributed by atoms with Gasteiger partial charge in [-0.15, -0.1) is 0 Å². The summed E-state index contributed by atoms with van der Waals surface area (Å²) in [6, 6.07) is 68.6. The lowest BCUT2D eigenvalue weighted by molar-refractivity contribution is 0.661. The van der Waals surface area contributed by atoms with Gasteiger partial charge in [-0.2, -0.15) is 0 Å². The van der Waals surface area contributed by atoms with Crippen LogP contribution in [-0.2, 0) is 5.41 Å². The van der Waals surface area contributed by atoms with E-state index in [0.29, 0.717) is 0 Å². The summed E-state index contributed by atoms with van der Waals surface area (Å²) < 4.78 is 0. The molecule has 0 saturated heterocycles. The van der Waals surface area contributed by atoms with Gasteiger partial charge in [-0.25, -0.2) is 0 Å². The molecule has 0 spiro atoms. The molecule has 0 N–H and O–H groups in total. The number of benzene rings is 8. The van der Waals surface area contributed by atoms with Crippen LogP contribution in [-0.4, -0.2) is 0 Å². The van der Waals surface area contributed by atoms with E-state index in [-0.39, 0.29) is 5.41 Å². The van der Waals surface area contributed by atoms with E-state index in [1.165, 1.54) is 72.1 Å². The van der Waals surface area contributed by atoms with Gasteiger partial charge in [-0.05, 0) is 74.2 Å². The first kappa shape index (κ1) is 29.9. The van der Waals surface area contributed by atoms with E-state index in [9.17, 15) is 0 Å².